The maximum atomic E-state index is 14.7. The number of esters is 2. The van der Waals surface area contributed by atoms with E-state index in [1.54, 1.807) is 12.1 Å². The Bertz CT molecular complexity index is 2490. The minimum atomic E-state index is -1.18. The van der Waals surface area contributed by atoms with Crippen molar-refractivity contribution in [2.75, 3.05) is 0 Å². The quantitative estimate of drug-likeness (QED) is 0.106. The van der Waals surface area contributed by atoms with Crippen LogP contribution in [-0.4, -0.2) is 28.8 Å². The van der Waals surface area contributed by atoms with Gasteiger partial charge in [-0.25, -0.2) is 9.59 Å². The van der Waals surface area contributed by atoms with Crippen LogP contribution < -0.4 is 10.4 Å². The Kier molecular flexibility index (Phi) is 11.6. The molecule has 2 bridgehead atoms. The van der Waals surface area contributed by atoms with Crippen LogP contribution in [0.15, 0.2) is 111 Å². The number of rotatable bonds is 5. The molecule has 5 atom stereocenters. The first-order chi connectivity index (χ1) is 28.8. The van der Waals surface area contributed by atoms with E-state index in [1.807, 2.05) is 47.6 Å². The largest absolute Gasteiger partial charge is 0.483 e. The van der Waals surface area contributed by atoms with Crippen molar-refractivity contribution >= 4 is 22.9 Å². The van der Waals surface area contributed by atoms with Crippen LogP contribution in [0.4, 0.5) is 0 Å². The molecule has 4 heterocycles. The number of benzene rings is 4. The van der Waals surface area contributed by atoms with Crippen molar-refractivity contribution in [2.45, 2.75) is 129 Å². The number of carbonyl (C=O) groups excluding carboxylic acids is 2. The Labute approximate surface area is 352 Å². The Morgan fingerprint density at radius 1 is 0.833 bits per heavy atom. The SMILES string of the molecule is CC(C)=C1CCc2ccc(cc2)[C@@H]2CC[C@H](c3cccc(Cc4ccccc4)c3)C[C@H]2CC(=O)O[C@H]2c3c(ccc4c(CO)c(C(C)C)c(=O)oc34)OC(C)(C)[C@H]2OC1=O. The smallest absolute Gasteiger partial charge is 0.340 e. The van der Waals surface area contributed by atoms with E-state index in [4.69, 9.17) is 18.6 Å². The zero-order chi connectivity index (χ0) is 42.3. The minimum Gasteiger partial charge on any atom is -0.483 e. The van der Waals surface area contributed by atoms with E-state index in [9.17, 15) is 19.5 Å². The molecular formula is C52H56O8. The Hall–Kier alpha value is -5.47. The summed E-state index contributed by atoms with van der Waals surface area (Å²) in [7, 11) is 0. The molecule has 4 aromatic carbocycles. The van der Waals surface area contributed by atoms with E-state index in [0.717, 1.165) is 36.8 Å². The summed E-state index contributed by atoms with van der Waals surface area (Å²) in [6.07, 6.45) is 2.51. The summed E-state index contributed by atoms with van der Waals surface area (Å²) in [5, 5.41) is 11.1. The van der Waals surface area contributed by atoms with Crippen molar-refractivity contribution in [3.63, 3.8) is 0 Å². The second kappa shape index (κ2) is 16.9. The molecule has 1 aromatic heterocycles. The van der Waals surface area contributed by atoms with Crippen LogP contribution in [0.3, 0.4) is 0 Å². The van der Waals surface area contributed by atoms with Crippen molar-refractivity contribution in [3.8, 4) is 5.75 Å². The van der Waals surface area contributed by atoms with Crippen molar-refractivity contribution in [3.05, 3.63) is 157 Å². The molecule has 9 rings (SSSR count). The van der Waals surface area contributed by atoms with E-state index >= 15 is 0 Å². The lowest BCUT2D eigenvalue weighted by Crippen LogP contribution is -2.52. The topological polar surface area (TPSA) is 112 Å². The molecule has 4 aliphatic rings. The molecular weight excluding hydrogens is 753 g/mol. The Morgan fingerprint density at radius 2 is 1.58 bits per heavy atom. The van der Waals surface area contributed by atoms with Crippen molar-refractivity contribution in [2.24, 2.45) is 5.92 Å². The van der Waals surface area contributed by atoms with Gasteiger partial charge in [0.15, 0.2) is 12.2 Å². The average molecular weight is 809 g/mol. The van der Waals surface area contributed by atoms with Gasteiger partial charge in [0.05, 0.1) is 12.2 Å². The summed E-state index contributed by atoms with van der Waals surface area (Å²) in [6.45, 7) is 10.8. The van der Waals surface area contributed by atoms with Gasteiger partial charge in [-0.15, -0.1) is 0 Å². The number of aliphatic hydroxyl groups is 1. The fourth-order valence-electron chi connectivity index (χ4n) is 10.0. The fourth-order valence-corrected chi connectivity index (χ4v) is 10.0. The maximum Gasteiger partial charge on any atom is 0.340 e. The summed E-state index contributed by atoms with van der Waals surface area (Å²) >= 11 is 0. The van der Waals surface area contributed by atoms with Gasteiger partial charge in [0.25, 0.3) is 0 Å². The van der Waals surface area contributed by atoms with Crippen LogP contribution in [0.1, 0.15) is 142 Å². The molecule has 1 aliphatic carbocycles. The number of fused-ring (bicyclic) bond motifs is 11. The number of hydrogen-bond donors (Lipinski definition) is 1. The Balaban J connectivity index is 1.21. The normalized spacial score (nSPS) is 22.9. The average Bonchev–Trinajstić information content (AvgIpc) is 3.21. The number of aryl methyl sites for hydroxylation is 1. The third-order valence-electron chi connectivity index (χ3n) is 13.1. The summed E-state index contributed by atoms with van der Waals surface area (Å²) in [6, 6.07) is 31.6. The predicted octanol–water partition coefficient (Wildman–Crippen LogP) is 10.7. The number of aliphatic hydroxyl groups excluding tert-OH is 1. The summed E-state index contributed by atoms with van der Waals surface area (Å²) in [5.41, 5.74) is 7.01. The number of hydrogen-bond acceptors (Lipinski definition) is 8. The summed E-state index contributed by atoms with van der Waals surface area (Å²) < 4.78 is 25.7. The van der Waals surface area contributed by atoms with Crippen LogP contribution in [0.2, 0.25) is 0 Å². The lowest BCUT2D eigenvalue weighted by atomic mass is 9.68. The first kappa shape index (κ1) is 41.3. The van der Waals surface area contributed by atoms with Gasteiger partial charge in [0.1, 0.15) is 16.9 Å². The van der Waals surface area contributed by atoms with Gasteiger partial charge in [-0.2, -0.15) is 0 Å². The maximum absolute atomic E-state index is 14.7. The van der Waals surface area contributed by atoms with E-state index in [1.165, 1.54) is 22.3 Å². The first-order valence-corrected chi connectivity index (χ1v) is 21.5. The number of ether oxygens (including phenoxy) is 3. The molecule has 1 saturated carbocycles. The predicted molar refractivity (Wildman–Crippen MR) is 232 cm³/mol. The molecule has 0 saturated heterocycles. The third kappa shape index (κ3) is 8.19. The molecule has 5 aromatic rings. The third-order valence-corrected chi connectivity index (χ3v) is 13.1. The lowest BCUT2D eigenvalue weighted by molar-refractivity contribution is -0.188. The van der Waals surface area contributed by atoms with Gasteiger partial charge < -0.3 is 23.7 Å². The zero-order valence-electron chi connectivity index (χ0n) is 35.6. The van der Waals surface area contributed by atoms with Crippen LogP contribution >= 0.6 is 0 Å². The minimum absolute atomic E-state index is 0.0431. The second-order valence-electron chi connectivity index (χ2n) is 18.1. The highest BCUT2D eigenvalue weighted by Gasteiger charge is 2.51. The molecule has 1 fully saturated rings. The van der Waals surface area contributed by atoms with Crippen LogP contribution in [-0.2, 0) is 38.5 Å². The summed E-state index contributed by atoms with van der Waals surface area (Å²) in [4.78, 5) is 42.7. The van der Waals surface area contributed by atoms with Gasteiger partial charge in [-0.1, -0.05) is 98.3 Å². The summed E-state index contributed by atoms with van der Waals surface area (Å²) in [5.74, 6) is -0.486. The highest BCUT2D eigenvalue weighted by atomic mass is 16.6. The van der Waals surface area contributed by atoms with Gasteiger partial charge in [-0.3, -0.25) is 4.79 Å². The van der Waals surface area contributed by atoms with Crippen molar-refractivity contribution < 1.29 is 33.3 Å². The fraction of sp³-hybridized carbons (Fsp3) is 0.404. The van der Waals surface area contributed by atoms with E-state index < -0.39 is 42.0 Å². The molecule has 0 spiro atoms. The first-order valence-electron chi connectivity index (χ1n) is 21.5. The molecule has 0 radical (unpaired) electrons. The van der Waals surface area contributed by atoms with Crippen molar-refractivity contribution in [1.82, 2.24) is 0 Å². The monoisotopic (exact) mass is 808 g/mol. The highest BCUT2D eigenvalue weighted by Crippen LogP contribution is 2.50. The molecule has 0 unspecified atom stereocenters. The highest BCUT2D eigenvalue weighted by molar-refractivity contribution is 5.90. The van der Waals surface area contributed by atoms with E-state index in [2.05, 4.69) is 72.8 Å². The molecule has 1 N–H and O–H groups in total. The van der Waals surface area contributed by atoms with Crippen molar-refractivity contribution in [1.29, 1.82) is 0 Å². The van der Waals surface area contributed by atoms with E-state index in [-0.39, 0.29) is 35.7 Å². The molecule has 8 heteroatoms. The van der Waals surface area contributed by atoms with Gasteiger partial charge >= 0.3 is 17.6 Å². The molecule has 312 valence electrons. The second-order valence-corrected chi connectivity index (χ2v) is 18.1. The van der Waals surface area contributed by atoms with E-state index in [0.29, 0.717) is 46.2 Å². The molecule has 0 amide bonds. The van der Waals surface area contributed by atoms with Gasteiger partial charge in [0, 0.05) is 22.9 Å². The zero-order valence-corrected chi connectivity index (χ0v) is 35.6. The number of carbonyl (C=O) groups is 2. The lowest BCUT2D eigenvalue weighted by Gasteiger charge is -2.43. The van der Waals surface area contributed by atoms with Gasteiger partial charge in [-0.05, 0) is 135 Å². The molecule has 8 nitrogen and oxygen atoms in total. The van der Waals surface area contributed by atoms with Crippen LogP contribution in [0.25, 0.3) is 11.0 Å². The Morgan fingerprint density at radius 3 is 2.30 bits per heavy atom. The molecule has 3 aliphatic heterocycles. The van der Waals surface area contributed by atoms with Gasteiger partial charge in [0.2, 0.25) is 0 Å². The number of allylic oxidation sites excluding steroid dienone is 1. The van der Waals surface area contributed by atoms with Crippen LogP contribution in [0.5, 0.6) is 5.75 Å². The molecule has 60 heavy (non-hydrogen) atoms. The standard InChI is InChI=1S/C52H56O8/c1-30(2)39-21-17-32-15-18-35(19-16-32)40-22-20-37(36-14-10-13-34(26-36)25-33-11-8-7-9-12-33)27-38(40)28-44(54)57-48-46-43(60-52(5,6)49(48)59-50(39)55)24-23-41-42(29-53)45(31(3)4)51(56)58-47(41)46/h7-16,18-19,23-24,26,31,37-38,40,48-49,53H,17,20-22,25,27-29H2,1-6H3/t37-,38-,40-,48-,49-/m0/s1. The van der Waals surface area contributed by atoms with Crippen LogP contribution in [0, 0.1) is 5.92 Å².